The van der Waals surface area contributed by atoms with E-state index in [-0.39, 0.29) is 10.8 Å². The molecule has 0 fully saturated rings. The third kappa shape index (κ3) is 4.94. The number of halogens is 2. The minimum absolute atomic E-state index is 0.0558. The number of aromatic hydroxyl groups is 1. The first-order valence-corrected chi connectivity index (χ1v) is 9.54. The second-order valence-electron chi connectivity index (χ2n) is 4.91. The minimum Gasteiger partial charge on any atom is -0.504 e. The molecule has 0 aliphatic carbocycles. The maximum atomic E-state index is 12.1. The molecule has 1 aromatic carbocycles. The zero-order valence-electron chi connectivity index (χ0n) is 13.1. The molecule has 2 amide bonds. The third-order valence-corrected chi connectivity index (χ3v) is 5.90. The van der Waals surface area contributed by atoms with E-state index in [1.54, 1.807) is 23.6 Å². The summed E-state index contributed by atoms with van der Waals surface area (Å²) in [7, 11) is 1.95. The number of urea groups is 1. The van der Waals surface area contributed by atoms with Gasteiger partial charge in [0.15, 0.2) is 5.75 Å². The van der Waals surface area contributed by atoms with Crippen molar-refractivity contribution in [1.82, 2.24) is 4.31 Å². The normalized spacial score (nSPS) is 10.9. The highest BCUT2D eigenvalue weighted by molar-refractivity contribution is 7.99. The molecule has 2 rings (SSSR count). The topological polar surface area (TPSA) is 64.6 Å². The van der Waals surface area contributed by atoms with Gasteiger partial charge < -0.3 is 15.7 Å². The monoisotopic (exact) mass is 405 g/mol. The van der Waals surface area contributed by atoms with Crippen molar-refractivity contribution in [2.45, 2.75) is 17.6 Å². The van der Waals surface area contributed by atoms with Gasteiger partial charge in [-0.15, -0.1) is 11.3 Å². The van der Waals surface area contributed by atoms with Gasteiger partial charge in [0, 0.05) is 11.9 Å². The van der Waals surface area contributed by atoms with Crippen LogP contribution >= 0.6 is 46.5 Å². The maximum absolute atomic E-state index is 12.1. The van der Waals surface area contributed by atoms with Gasteiger partial charge in [0.25, 0.3) is 0 Å². The summed E-state index contributed by atoms with van der Waals surface area (Å²) in [5, 5.41) is 17.8. The van der Waals surface area contributed by atoms with E-state index in [1.165, 1.54) is 23.3 Å². The highest BCUT2D eigenvalue weighted by atomic mass is 35.5. The molecule has 24 heavy (non-hydrogen) atoms. The molecular weight excluding hydrogens is 389 g/mol. The molecular formula is C15H17Cl2N3O2S2. The number of benzene rings is 1. The fourth-order valence-electron chi connectivity index (χ4n) is 1.87. The fourth-order valence-corrected chi connectivity index (χ4v) is 4.28. The Kier molecular flexibility index (Phi) is 7.06. The Morgan fingerprint density at radius 2 is 2.04 bits per heavy atom. The molecule has 9 heteroatoms. The number of hydrogen-bond donors (Lipinski definition) is 3. The third-order valence-electron chi connectivity index (χ3n) is 2.96. The van der Waals surface area contributed by atoms with Crippen molar-refractivity contribution in [3.05, 3.63) is 33.6 Å². The Morgan fingerprint density at radius 3 is 2.75 bits per heavy atom. The van der Waals surface area contributed by atoms with Gasteiger partial charge in [0.2, 0.25) is 0 Å². The molecule has 1 heterocycles. The summed E-state index contributed by atoms with van der Waals surface area (Å²) < 4.78 is 2.75. The lowest BCUT2D eigenvalue weighted by Gasteiger charge is -2.13. The van der Waals surface area contributed by atoms with Gasteiger partial charge in [-0.05, 0) is 37.5 Å². The van der Waals surface area contributed by atoms with Crippen molar-refractivity contribution in [2.24, 2.45) is 0 Å². The number of nitrogens with zero attached hydrogens (tertiary/aromatic N) is 1. The molecule has 0 atom stereocenters. The lowest BCUT2D eigenvalue weighted by atomic mass is 10.3. The van der Waals surface area contributed by atoms with Crippen molar-refractivity contribution in [3.8, 4) is 5.75 Å². The smallest absolute Gasteiger partial charge is 0.323 e. The van der Waals surface area contributed by atoms with Gasteiger partial charge in [0.05, 0.1) is 21.4 Å². The van der Waals surface area contributed by atoms with Crippen molar-refractivity contribution < 1.29 is 9.90 Å². The predicted molar refractivity (Wildman–Crippen MR) is 104 cm³/mol. The van der Waals surface area contributed by atoms with Gasteiger partial charge in [-0.2, -0.15) is 0 Å². The van der Waals surface area contributed by atoms with E-state index in [0.29, 0.717) is 16.4 Å². The highest BCUT2D eigenvalue weighted by Gasteiger charge is 2.16. The van der Waals surface area contributed by atoms with E-state index in [4.69, 9.17) is 23.2 Å². The second-order valence-corrected chi connectivity index (χ2v) is 8.05. The largest absolute Gasteiger partial charge is 0.504 e. The summed E-state index contributed by atoms with van der Waals surface area (Å²) in [6.07, 6.45) is 1.02. The van der Waals surface area contributed by atoms with Crippen molar-refractivity contribution >= 4 is 63.9 Å². The van der Waals surface area contributed by atoms with Crippen molar-refractivity contribution in [1.29, 1.82) is 0 Å². The minimum atomic E-state index is -0.509. The first-order valence-electron chi connectivity index (χ1n) is 7.14. The molecule has 0 aliphatic rings. The molecule has 5 nitrogen and oxygen atoms in total. The Hall–Kier alpha value is -1.12. The van der Waals surface area contributed by atoms with Gasteiger partial charge in [-0.25, -0.2) is 9.10 Å². The first kappa shape index (κ1) is 19.2. The lowest BCUT2D eigenvalue weighted by Crippen LogP contribution is -2.19. The number of thiophene rings is 1. The van der Waals surface area contributed by atoms with Crippen LogP contribution in [-0.4, -0.2) is 29.0 Å². The number of carbonyl (C=O) groups excluding carboxylic acids is 1. The molecule has 3 N–H and O–H groups in total. The van der Waals surface area contributed by atoms with Gasteiger partial charge >= 0.3 is 6.03 Å². The molecule has 0 aliphatic heterocycles. The van der Waals surface area contributed by atoms with Crippen LogP contribution in [-0.2, 0) is 0 Å². The van der Waals surface area contributed by atoms with Crippen LogP contribution in [0.1, 0.15) is 13.3 Å². The van der Waals surface area contributed by atoms with Crippen LogP contribution in [0.4, 0.5) is 16.2 Å². The van der Waals surface area contributed by atoms with Crippen LogP contribution in [0.5, 0.6) is 5.75 Å². The van der Waals surface area contributed by atoms with Crippen LogP contribution < -0.4 is 10.6 Å². The summed E-state index contributed by atoms with van der Waals surface area (Å²) >= 11 is 14.8. The van der Waals surface area contributed by atoms with Crippen LogP contribution in [0.15, 0.2) is 27.8 Å². The van der Waals surface area contributed by atoms with E-state index in [2.05, 4.69) is 17.6 Å². The van der Waals surface area contributed by atoms with E-state index >= 15 is 0 Å². The van der Waals surface area contributed by atoms with Gasteiger partial charge in [-0.3, -0.25) is 0 Å². The molecule has 0 bridgehead atoms. The second kappa shape index (κ2) is 8.82. The van der Waals surface area contributed by atoms with Crippen LogP contribution in [0, 0.1) is 0 Å². The van der Waals surface area contributed by atoms with Crippen LogP contribution in [0.3, 0.4) is 0 Å². The zero-order valence-corrected chi connectivity index (χ0v) is 16.2. The number of nitrogens with one attached hydrogen (secondary N) is 2. The summed E-state index contributed by atoms with van der Waals surface area (Å²) in [6.45, 7) is 2.99. The first-order chi connectivity index (χ1) is 11.4. The molecule has 0 saturated carbocycles. The standard InChI is InChI=1S/C15H17Cl2N3O2S2/c1-3-7-20(2)24-14-13(21)11(8-23-14)19-15(22)18-10-6-4-5-9(16)12(10)17/h4-6,8,21H,3,7H2,1-2H3,(H2,18,19,22). The molecule has 0 radical (unpaired) electrons. The Morgan fingerprint density at radius 1 is 1.33 bits per heavy atom. The lowest BCUT2D eigenvalue weighted by molar-refractivity contribution is 0.262. The number of anilines is 2. The molecule has 0 unspecified atom stereocenters. The van der Waals surface area contributed by atoms with Gasteiger partial charge in [0.1, 0.15) is 4.21 Å². The number of hydrogen-bond acceptors (Lipinski definition) is 5. The van der Waals surface area contributed by atoms with Gasteiger partial charge in [-0.1, -0.05) is 36.2 Å². The number of rotatable bonds is 6. The van der Waals surface area contributed by atoms with Crippen LogP contribution in [0.2, 0.25) is 10.0 Å². The number of amides is 2. The van der Waals surface area contributed by atoms with Crippen molar-refractivity contribution in [3.63, 3.8) is 0 Å². The van der Waals surface area contributed by atoms with E-state index in [1.807, 2.05) is 11.4 Å². The zero-order chi connectivity index (χ0) is 17.7. The summed E-state index contributed by atoms with van der Waals surface area (Å²) in [5.74, 6) is 0.0558. The molecule has 0 spiro atoms. The number of carbonyl (C=O) groups is 1. The Balaban J connectivity index is 2.02. The fraction of sp³-hybridized carbons (Fsp3) is 0.267. The van der Waals surface area contributed by atoms with Crippen LogP contribution in [0.25, 0.3) is 0 Å². The summed E-state index contributed by atoms with van der Waals surface area (Å²) in [6, 6.07) is 4.45. The molecule has 130 valence electrons. The Labute approximate surface area is 159 Å². The average molecular weight is 406 g/mol. The average Bonchev–Trinajstić information content (AvgIpc) is 2.85. The molecule has 0 saturated heterocycles. The van der Waals surface area contributed by atoms with E-state index < -0.39 is 6.03 Å². The maximum Gasteiger partial charge on any atom is 0.323 e. The van der Waals surface area contributed by atoms with E-state index in [9.17, 15) is 9.90 Å². The van der Waals surface area contributed by atoms with E-state index in [0.717, 1.165) is 17.2 Å². The molecule has 2 aromatic rings. The summed E-state index contributed by atoms with van der Waals surface area (Å²) in [4.78, 5) is 12.1. The summed E-state index contributed by atoms with van der Waals surface area (Å²) in [5.41, 5.74) is 0.747. The quantitative estimate of drug-likeness (QED) is 0.534. The SMILES string of the molecule is CCCN(C)Sc1scc(NC(=O)Nc2cccc(Cl)c2Cl)c1O. The molecule has 1 aromatic heterocycles. The highest BCUT2D eigenvalue weighted by Crippen LogP contribution is 2.42. The van der Waals surface area contributed by atoms with Crippen molar-refractivity contribution in [2.75, 3.05) is 24.2 Å². The predicted octanol–water partition coefficient (Wildman–Crippen LogP) is 5.75. The Bertz CT molecular complexity index is 725.